The minimum atomic E-state index is -0.609. The number of benzene rings is 2. The third-order valence-corrected chi connectivity index (χ3v) is 3.39. The molecular formula is C19H18N2O4. The predicted molar refractivity (Wildman–Crippen MR) is 94.8 cm³/mol. The fourth-order valence-electron chi connectivity index (χ4n) is 2.03. The summed E-state index contributed by atoms with van der Waals surface area (Å²) in [7, 11) is 0. The molecule has 0 unspecified atom stereocenters. The maximum absolute atomic E-state index is 11.8. The van der Waals surface area contributed by atoms with Crippen LogP contribution in [0.5, 0.6) is 0 Å². The zero-order chi connectivity index (χ0) is 18.2. The minimum Gasteiger partial charge on any atom is -0.452 e. The molecule has 0 bridgehead atoms. The van der Waals surface area contributed by atoms with E-state index < -0.39 is 24.4 Å². The Balaban J connectivity index is 1.82. The number of aryl methyl sites for hydroxylation is 1. The zero-order valence-electron chi connectivity index (χ0n) is 13.7. The van der Waals surface area contributed by atoms with Crippen LogP contribution in [-0.4, -0.2) is 24.4 Å². The van der Waals surface area contributed by atoms with Crippen molar-refractivity contribution in [3.63, 3.8) is 0 Å². The van der Waals surface area contributed by atoms with Crippen molar-refractivity contribution in [1.29, 1.82) is 0 Å². The highest BCUT2D eigenvalue weighted by atomic mass is 16.5. The topological polar surface area (TPSA) is 98.5 Å². The third kappa shape index (κ3) is 5.62. The Kier molecular flexibility index (Phi) is 6.06. The lowest BCUT2D eigenvalue weighted by molar-refractivity contribution is -0.142. The highest BCUT2D eigenvalue weighted by molar-refractivity contribution is 5.96. The molecule has 0 atom stereocenters. The molecule has 0 aliphatic rings. The molecular weight excluding hydrogens is 320 g/mol. The van der Waals surface area contributed by atoms with Gasteiger partial charge in [-0.1, -0.05) is 24.3 Å². The van der Waals surface area contributed by atoms with Crippen LogP contribution in [0, 0.1) is 6.92 Å². The molecule has 0 aromatic heterocycles. The number of amides is 2. The second kappa shape index (κ2) is 8.44. The molecule has 0 saturated carbocycles. The first-order chi connectivity index (χ1) is 12.0. The van der Waals surface area contributed by atoms with E-state index in [1.807, 2.05) is 31.2 Å². The fraction of sp³-hybridized carbons (Fsp3) is 0.105. The number of nitrogens with one attached hydrogen (secondary N) is 1. The summed E-state index contributed by atoms with van der Waals surface area (Å²) < 4.78 is 4.89. The van der Waals surface area contributed by atoms with Gasteiger partial charge in [0.25, 0.3) is 5.91 Å². The molecule has 0 spiro atoms. The van der Waals surface area contributed by atoms with Crippen molar-refractivity contribution in [3.05, 3.63) is 71.3 Å². The van der Waals surface area contributed by atoms with E-state index in [1.165, 1.54) is 30.3 Å². The molecule has 0 aliphatic heterocycles. The van der Waals surface area contributed by atoms with E-state index in [0.29, 0.717) is 11.3 Å². The molecule has 2 rings (SSSR count). The second-order valence-electron chi connectivity index (χ2n) is 5.29. The summed E-state index contributed by atoms with van der Waals surface area (Å²) in [6.07, 6.45) is 2.91. The van der Waals surface area contributed by atoms with Gasteiger partial charge in [-0.25, -0.2) is 4.79 Å². The van der Waals surface area contributed by atoms with E-state index in [2.05, 4.69) is 5.32 Å². The number of ether oxygens (including phenoxy) is 1. The van der Waals surface area contributed by atoms with Crippen LogP contribution < -0.4 is 11.1 Å². The molecule has 128 valence electrons. The van der Waals surface area contributed by atoms with Crippen LogP contribution >= 0.6 is 0 Å². The van der Waals surface area contributed by atoms with Crippen LogP contribution in [0.25, 0.3) is 6.08 Å². The molecule has 3 N–H and O–H groups in total. The first-order valence-corrected chi connectivity index (χ1v) is 7.56. The highest BCUT2D eigenvalue weighted by Gasteiger charge is 2.07. The Morgan fingerprint density at radius 2 is 1.76 bits per heavy atom. The molecule has 0 saturated heterocycles. The van der Waals surface area contributed by atoms with E-state index in [4.69, 9.17) is 10.5 Å². The van der Waals surface area contributed by atoms with Gasteiger partial charge in [0, 0.05) is 17.3 Å². The van der Waals surface area contributed by atoms with Gasteiger partial charge < -0.3 is 15.8 Å². The molecule has 2 aromatic carbocycles. The number of esters is 1. The van der Waals surface area contributed by atoms with Crippen molar-refractivity contribution >= 4 is 29.5 Å². The summed E-state index contributed by atoms with van der Waals surface area (Å²) in [6, 6.07) is 13.7. The second-order valence-corrected chi connectivity index (χ2v) is 5.29. The summed E-state index contributed by atoms with van der Waals surface area (Å²) in [5.74, 6) is -1.64. The van der Waals surface area contributed by atoms with Crippen LogP contribution in [0.2, 0.25) is 0 Å². The van der Waals surface area contributed by atoms with Crippen LogP contribution in [0.3, 0.4) is 0 Å². The molecule has 0 aliphatic carbocycles. The predicted octanol–water partition coefficient (Wildman–Crippen LogP) is 2.29. The van der Waals surface area contributed by atoms with E-state index in [9.17, 15) is 14.4 Å². The van der Waals surface area contributed by atoms with E-state index in [1.54, 1.807) is 6.08 Å². The van der Waals surface area contributed by atoms with Crippen molar-refractivity contribution in [3.8, 4) is 0 Å². The molecule has 0 fully saturated rings. The molecule has 0 radical (unpaired) electrons. The Bertz CT molecular complexity index is 810. The van der Waals surface area contributed by atoms with Crippen molar-refractivity contribution in [2.75, 3.05) is 11.9 Å². The van der Waals surface area contributed by atoms with Gasteiger partial charge in [-0.15, -0.1) is 0 Å². The Morgan fingerprint density at radius 3 is 2.40 bits per heavy atom. The van der Waals surface area contributed by atoms with Gasteiger partial charge in [0.15, 0.2) is 6.61 Å². The minimum absolute atomic E-state index is 0.339. The van der Waals surface area contributed by atoms with Crippen LogP contribution in [0.1, 0.15) is 21.5 Å². The molecule has 2 aromatic rings. The smallest absolute Gasteiger partial charge is 0.331 e. The summed E-state index contributed by atoms with van der Waals surface area (Å²) >= 11 is 0. The lowest BCUT2D eigenvalue weighted by atomic mass is 10.1. The van der Waals surface area contributed by atoms with Gasteiger partial charge in [0.05, 0.1) is 0 Å². The summed E-state index contributed by atoms with van der Waals surface area (Å²) in [5, 5.41) is 2.55. The van der Waals surface area contributed by atoms with Crippen molar-refractivity contribution < 1.29 is 19.1 Å². The molecule has 6 nitrogen and oxygen atoms in total. The Morgan fingerprint density at radius 1 is 1.08 bits per heavy atom. The summed E-state index contributed by atoms with van der Waals surface area (Å²) in [4.78, 5) is 34.4. The number of hydrogen-bond acceptors (Lipinski definition) is 4. The van der Waals surface area contributed by atoms with Crippen LogP contribution in [0.15, 0.2) is 54.6 Å². The van der Waals surface area contributed by atoms with Crippen molar-refractivity contribution in [1.82, 2.24) is 0 Å². The van der Waals surface area contributed by atoms with Gasteiger partial charge in [0.1, 0.15) is 0 Å². The number of anilines is 1. The summed E-state index contributed by atoms with van der Waals surface area (Å²) in [5.41, 5.74) is 7.88. The van der Waals surface area contributed by atoms with E-state index in [-0.39, 0.29) is 0 Å². The lowest BCUT2D eigenvalue weighted by Crippen LogP contribution is -2.20. The number of hydrogen-bond donors (Lipinski definition) is 2. The molecule has 0 heterocycles. The number of rotatable bonds is 6. The molecule has 25 heavy (non-hydrogen) atoms. The maximum atomic E-state index is 11.8. The average molecular weight is 338 g/mol. The van der Waals surface area contributed by atoms with E-state index in [0.717, 1.165) is 11.1 Å². The maximum Gasteiger partial charge on any atom is 0.331 e. The highest BCUT2D eigenvalue weighted by Crippen LogP contribution is 2.10. The zero-order valence-corrected chi connectivity index (χ0v) is 13.7. The van der Waals surface area contributed by atoms with Crippen molar-refractivity contribution in [2.24, 2.45) is 5.73 Å². The fourth-order valence-corrected chi connectivity index (χ4v) is 2.03. The number of carbonyl (C=O) groups is 3. The lowest BCUT2D eigenvalue weighted by Gasteiger charge is -2.06. The Labute approximate surface area is 145 Å². The van der Waals surface area contributed by atoms with Gasteiger partial charge in [0.2, 0.25) is 5.91 Å². The first kappa shape index (κ1) is 17.9. The standard InChI is InChI=1S/C19H18N2O4/c1-13-4-2-3-5-14(13)8-11-18(23)25-12-17(22)21-16-9-6-15(7-10-16)19(20)24/h2-11H,12H2,1H3,(H2,20,24)(H,21,22)/b11-8+. The van der Waals surface area contributed by atoms with Crippen molar-refractivity contribution in [2.45, 2.75) is 6.92 Å². The summed E-state index contributed by atoms with van der Waals surface area (Å²) in [6.45, 7) is 1.52. The van der Waals surface area contributed by atoms with Gasteiger partial charge >= 0.3 is 5.97 Å². The molecule has 6 heteroatoms. The largest absolute Gasteiger partial charge is 0.452 e. The number of primary amides is 1. The van der Waals surface area contributed by atoms with Crippen LogP contribution in [0.4, 0.5) is 5.69 Å². The normalized spacial score (nSPS) is 10.4. The quantitative estimate of drug-likeness (QED) is 0.623. The number of nitrogens with two attached hydrogens (primary N) is 1. The van der Waals surface area contributed by atoms with E-state index >= 15 is 0 Å². The third-order valence-electron chi connectivity index (χ3n) is 3.39. The average Bonchev–Trinajstić information content (AvgIpc) is 2.59. The monoisotopic (exact) mass is 338 g/mol. The number of carbonyl (C=O) groups excluding carboxylic acids is 3. The van der Waals surface area contributed by atoms with Gasteiger partial charge in [-0.05, 0) is 48.4 Å². The van der Waals surface area contributed by atoms with Gasteiger partial charge in [-0.3, -0.25) is 9.59 Å². The first-order valence-electron chi connectivity index (χ1n) is 7.56. The van der Waals surface area contributed by atoms with Crippen LogP contribution in [-0.2, 0) is 14.3 Å². The van der Waals surface area contributed by atoms with Gasteiger partial charge in [-0.2, -0.15) is 0 Å². The molecule has 2 amide bonds. The SMILES string of the molecule is Cc1ccccc1/C=C/C(=O)OCC(=O)Nc1ccc(C(N)=O)cc1. The Hall–Kier alpha value is -3.41.